The second-order valence-corrected chi connectivity index (χ2v) is 10.9. The standard InChI is InChI=1S/C28H46N4O/c1-4-31-26-16-10-11-17-27(26)32(28(31)33)25-18-20-30(22-24(25)15-12-19-29(2)3)21-23-13-8-6-5-7-9-14-23/h10-11,16-17,23-25H,4-9,12-15,18-22H2,1-3H3. The Labute approximate surface area is 200 Å². The van der Waals surface area contributed by atoms with Crippen LogP contribution in [0.1, 0.15) is 77.2 Å². The molecule has 1 saturated carbocycles. The fraction of sp³-hybridized carbons (Fsp3) is 0.750. The maximum atomic E-state index is 13.5. The summed E-state index contributed by atoms with van der Waals surface area (Å²) in [6.07, 6.45) is 13.4. The average molecular weight is 455 g/mol. The molecule has 2 fully saturated rings. The normalized spacial score (nSPS) is 23.8. The molecule has 2 atom stereocenters. The van der Waals surface area contributed by atoms with Crippen LogP contribution in [0.2, 0.25) is 0 Å². The summed E-state index contributed by atoms with van der Waals surface area (Å²) in [7, 11) is 4.33. The summed E-state index contributed by atoms with van der Waals surface area (Å²) in [5.41, 5.74) is 2.41. The van der Waals surface area contributed by atoms with Gasteiger partial charge in [-0.2, -0.15) is 0 Å². The molecule has 1 aromatic heterocycles. The predicted molar refractivity (Wildman–Crippen MR) is 139 cm³/mol. The van der Waals surface area contributed by atoms with Crippen molar-refractivity contribution in [3.63, 3.8) is 0 Å². The third-order valence-electron chi connectivity index (χ3n) is 8.22. The third-order valence-corrected chi connectivity index (χ3v) is 8.22. The van der Waals surface area contributed by atoms with Gasteiger partial charge in [-0.25, -0.2) is 4.79 Å². The van der Waals surface area contributed by atoms with Gasteiger partial charge in [0.15, 0.2) is 0 Å². The van der Waals surface area contributed by atoms with Gasteiger partial charge in [0, 0.05) is 32.2 Å². The highest BCUT2D eigenvalue weighted by atomic mass is 16.1. The molecule has 33 heavy (non-hydrogen) atoms. The number of piperidine rings is 1. The minimum atomic E-state index is 0.190. The lowest BCUT2D eigenvalue weighted by Gasteiger charge is -2.41. The van der Waals surface area contributed by atoms with Crippen molar-refractivity contribution in [2.75, 3.05) is 40.3 Å². The third kappa shape index (κ3) is 5.92. The van der Waals surface area contributed by atoms with Crippen molar-refractivity contribution >= 4 is 11.0 Å². The van der Waals surface area contributed by atoms with E-state index in [4.69, 9.17) is 0 Å². The van der Waals surface area contributed by atoms with Crippen molar-refractivity contribution in [1.29, 1.82) is 0 Å². The Hall–Kier alpha value is -1.59. The van der Waals surface area contributed by atoms with Crippen molar-refractivity contribution < 1.29 is 0 Å². The number of aromatic nitrogens is 2. The molecule has 1 aliphatic carbocycles. The summed E-state index contributed by atoms with van der Waals surface area (Å²) in [6, 6.07) is 8.72. The molecule has 2 aromatic rings. The van der Waals surface area contributed by atoms with E-state index in [0.29, 0.717) is 12.0 Å². The Morgan fingerprint density at radius 3 is 2.36 bits per heavy atom. The molecule has 2 aliphatic rings. The Balaban J connectivity index is 1.54. The van der Waals surface area contributed by atoms with Gasteiger partial charge in [-0.05, 0) is 83.6 Å². The highest BCUT2D eigenvalue weighted by Gasteiger charge is 2.33. The largest absolute Gasteiger partial charge is 0.329 e. The monoisotopic (exact) mass is 454 g/mol. The van der Waals surface area contributed by atoms with E-state index in [1.807, 2.05) is 4.57 Å². The molecule has 0 radical (unpaired) electrons. The van der Waals surface area contributed by atoms with E-state index in [9.17, 15) is 4.79 Å². The Morgan fingerprint density at radius 1 is 0.970 bits per heavy atom. The number of hydrogen-bond acceptors (Lipinski definition) is 3. The summed E-state index contributed by atoms with van der Waals surface area (Å²) in [6.45, 7) is 7.48. The highest BCUT2D eigenvalue weighted by molar-refractivity contribution is 5.76. The molecule has 1 saturated heterocycles. The molecule has 0 spiro atoms. The lowest BCUT2D eigenvalue weighted by Crippen LogP contribution is -2.45. The van der Waals surface area contributed by atoms with E-state index in [1.54, 1.807) is 0 Å². The van der Waals surface area contributed by atoms with E-state index >= 15 is 0 Å². The first-order valence-electron chi connectivity index (χ1n) is 13.6. The first kappa shape index (κ1) is 24.5. The lowest BCUT2D eigenvalue weighted by molar-refractivity contribution is 0.0945. The zero-order valence-electron chi connectivity index (χ0n) is 21.3. The quantitative estimate of drug-likeness (QED) is 0.536. The summed E-state index contributed by atoms with van der Waals surface area (Å²) in [4.78, 5) is 18.6. The molecule has 184 valence electrons. The number of rotatable bonds is 8. The van der Waals surface area contributed by atoms with Gasteiger partial charge in [-0.15, -0.1) is 0 Å². The Morgan fingerprint density at radius 2 is 1.67 bits per heavy atom. The van der Waals surface area contributed by atoms with Gasteiger partial charge in [-0.1, -0.05) is 44.2 Å². The summed E-state index contributed by atoms with van der Waals surface area (Å²) >= 11 is 0. The number of aryl methyl sites for hydroxylation is 1. The van der Waals surface area contributed by atoms with Crippen LogP contribution in [0.5, 0.6) is 0 Å². The number of para-hydroxylation sites is 2. The zero-order valence-corrected chi connectivity index (χ0v) is 21.3. The maximum absolute atomic E-state index is 13.5. The number of benzene rings is 1. The van der Waals surface area contributed by atoms with Crippen molar-refractivity contribution in [2.45, 2.75) is 83.7 Å². The number of imidazole rings is 1. The second-order valence-electron chi connectivity index (χ2n) is 10.9. The molecule has 1 aliphatic heterocycles. The SMILES string of the molecule is CCn1c(=O)n(C2CCN(CC3CCCCCCC3)CC2CCCN(C)C)c2ccccc21. The van der Waals surface area contributed by atoms with Gasteiger partial charge in [0.05, 0.1) is 11.0 Å². The Kier molecular flexibility index (Phi) is 8.70. The smallest absolute Gasteiger partial charge is 0.309 e. The van der Waals surface area contributed by atoms with Gasteiger partial charge in [0.25, 0.3) is 0 Å². The van der Waals surface area contributed by atoms with Crippen LogP contribution in [-0.4, -0.2) is 59.2 Å². The lowest BCUT2D eigenvalue weighted by atomic mass is 9.85. The van der Waals surface area contributed by atoms with Crippen molar-refractivity contribution in [3.05, 3.63) is 34.7 Å². The molecule has 2 unspecified atom stereocenters. The van der Waals surface area contributed by atoms with Crippen LogP contribution in [-0.2, 0) is 6.54 Å². The van der Waals surface area contributed by atoms with Crippen LogP contribution >= 0.6 is 0 Å². The molecule has 0 bridgehead atoms. The van der Waals surface area contributed by atoms with Crippen molar-refractivity contribution in [1.82, 2.24) is 18.9 Å². The highest BCUT2D eigenvalue weighted by Crippen LogP contribution is 2.34. The number of fused-ring (bicyclic) bond motifs is 1. The van der Waals surface area contributed by atoms with Gasteiger partial charge in [0.2, 0.25) is 0 Å². The van der Waals surface area contributed by atoms with E-state index in [2.05, 4.69) is 59.7 Å². The number of hydrogen-bond donors (Lipinski definition) is 0. The first-order valence-corrected chi connectivity index (χ1v) is 13.6. The summed E-state index contributed by atoms with van der Waals surface area (Å²) < 4.78 is 4.14. The van der Waals surface area contributed by atoms with Crippen LogP contribution < -0.4 is 5.69 Å². The molecular weight excluding hydrogens is 408 g/mol. The maximum Gasteiger partial charge on any atom is 0.329 e. The molecule has 0 N–H and O–H groups in total. The van der Waals surface area contributed by atoms with E-state index in [-0.39, 0.29) is 5.69 Å². The average Bonchev–Trinajstić information content (AvgIpc) is 3.06. The van der Waals surface area contributed by atoms with Crippen LogP contribution in [0.3, 0.4) is 0 Å². The van der Waals surface area contributed by atoms with E-state index < -0.39 is 0 Å². The van der Waals surface area contributed by atoms with Crippen LogP contribution in [0.4, 0.5) is 0 Å². The number of nitrogens with zero attached hydrogens (tertiary/aromatic N) is 4. The van der Waals surface area contributed by atoms with E-state index in [0.717, 1.165) is 49.6 Å². The molecule has 2 heterocycles. The fourth-order valence-electron chi connectivity index (χ4n) is 6.50. The predicted octanol–water partition coefficient (Wildman–Crippen LogP) is 5.39. The molecular formula is C28H46N4O. The van der Waals surface area contributed by atoms with Crippen LogP contribution in [0.25, 0.3) is 11.0 Å². The molecule has 5 heteroatoms. The topological polar surface area (TPSA) is 33.4 Å². The van der Waals surface area contributed by atoms with Gasteiger partial charge >= 0.3 is 5.69 Å². The molecule has 1 aromatic carbocycles. The van der Waals surface area contributed by atoms with Gasteiger partial charge in [-0.3, -0.25) is 9.13 Å². The zero-order chi connectivity index (χ0) is 23.2. The number of likely N-dealkylation sites (tertiary alicyclic amines) is 1. The molecule has 0 amide bonds. The molecule has 4 rings (SSSR count). The second kappa shape index (κ2) is 11.7. The van der Waals surface area contributed by atoms with Crippen molar-refractivity contribution in [3.8, 4) is 0 Å². The Bertz CT molecular complexity index is 922. The van der Waals surface area contributed by atoms with Gasteiger partial charge < -0.3 is 9.80 Å². The fourth-order valence-corrected chi connectivity index (χ4v) is 6.50. The van der Waals surface area contributed by atoms with Gasteiger partial charge in [0.1, 0.15) is 0 Å². The first-order chi connectivity index (χ1) is 16.1. The minimum Gasteiger partial charge on any atom is -0.309 e. The minimum absolute atomic E-state index is 0.190. The molecule has 5 nitrogen and oxygen atoms in total. The van der Waals surface area contributed by atoms with Crippen molar-refractivity contribution in [2.24, 2.45) is 11.8 Å². The summed E-state index contributed by atoms with van der Waals surface area (Å²) in [5, 5.41) is 0. The van der Waals surface area contributed by atoms with Crippen LogP contribution in [0.15, 0.2) is 29.1 Å². The van der Waals surface area contributed by atoms with E-state index in [1.165, 1.54) is 64.3 Å². The van der Waals surface area contributed by atoms with Crippen LogP contribution in [0, 0.1) is 11.8 Å². The summed E-state index contributed by atoms with van der Waals surface area (Å²) in [5.74, 6) is 1.41.